The molecule has 0 spiro atoms. The first kappa shape index (κ1) is 8.35. The molecule has 12 heavy (non-hydrogen) atoms. The molecule has 0 fully saturated rings. The van der Waals surface area contributed by atoms with Crippen molar-refractivity contribution in [3.63, 3.8) is 0 Å². The van der Waals surface area contributed by atoms with E-state index in [1.165, 1.54) is 6.42 Å². The van der Waals surface area contributed by atoms with Gasteiger partial charge in [0.25, 0.3) is 0 Å². The summed E-state index contributed by atoms with van der Waals surface area (Å²) >= 11 is 0. The van der Waals surface area contributed by atoms with Crippen molar-refractivity contribution in [1.29, 1.82) is 0 Å². The molecule has 1 aromatic carbocycles. The van der Waals surface area contributed by atoms with E-state index in [0.29, 0.717) is 11.1 Å². The van der Waals surface area contributed by atoms with Crippen LogP contribution in [0, 0.1) is 18.8 Å². The van der Waals surface area contributed by atoms with Gasteiger partial charge in [0.1, 0.15) is 0 Å². The van der Waals surface area contributed by atoms with E-state index in [4.69, 9.17) is 12.2 Å². The molecule has 0 aliphatic heterocycles. The van der Waals surface area contributed by atoms with E-state index in [-0.39, 0.29) is 0 Å². The Kier molecular flexibility index (Phi) is 2.49. The predicted molar refractivity (Wildman–Crippen MR) is 47.2 cm³/mol. The number of nitrogens with two attached hydrogens (primary N) is 1. The second-order valence-corrected chi connectivity index (χ2v) is 2.26. The van der Waals surface area contributed by atoms with Gasteiger partial charge in [-0.2, -0.15) is 0 Å². The highest BCUT2D eigenvalue weighted by atomic mass is 16.1. The molecule has 1 rings (SSSR count). The number of amides is 1. The Morgan fingerprint density at radius 2 is 2.17 bits per heavy atom. The summed E-state index contributed by atoms with van der Waals surface area (Å²) in [6.45, 7) is 0. The average molecular weight is 158 g/mol. The number of hydrogen-bond donors (Lipinski definition) is 1. The van der Waals surface area contributed by atoms with Gasteiger partial charge in [-0.25, -0.2) is 0 Å². The first-order valence-corrected chi connectivity index (χ1v) is 3.44. The summed E-state index contributed by atoms with van der Waals surface area (Å²) in [7, 11) is 0. The number of benzene rings is 1. The van der Waals surface area contributed by atoms with Crippen LogP contribution < -0.4 is 5.73 Å². The fourth-order valence-electron chi connectivity index (χ4n) is 0.937. The van der Waals surface area contributed by atoms with Crippen LogP contribution in [0.3, 0.4) is 0 Å². The first-order chi connectivity index (χ1) is 5.75. The quantitative estimate of drug-likeness (QED) is 0.640. The van der Waals surface area contributed by atoms with Gasteiger partial charge in [0.05, 0.1) is 6.42 Å². The van der Waals surface area contributed by atoms with Crippen molar-refractivity contribution in [3.8, 4) is 12.3 Å². The van der Waals surface area contributed by atoms with E-state index in [9.17, 15) is 4.79 Å². The van der Waals surface area contributed by atoms with Crippen LogP contribution in [0.1, 0.15) is 15.9 Å². The number of carbonyl (C=O) groups is 1. The van der Waals surface area contributed by atoms with Gasteiger partial charge in [0.15, 0.2) is 0 Å². The molecule has 0 aliphatic carbocycles. The van der Waals surface area contributed by atoms with Crippen molar-refractivity contribution in [3.05, 3.63) is 41.8 Å². The Balaban J connectivity index is 3.10. The molecule has 0 bridgehead atoms. The van der Waals surface area contributed by atoms with Gasteiger partial charge in [-0.1, -0.05) is 24.1 Å². The lowest BCUT2D eigenvalue weighted by Gasteiger charge is -2.00. The van der Waals surface area contributed by atoms with Crippen LogP contribution in [0.15, 0.2) is 24.3 Å². The van der Waals surface area contributed by atoms with Gasteiger partial charge in [0.2, 0.25) is 5.91 Å². The van der Waals surface area contributed by atoms with E-state index in [1.807, 2.05) is 0 Å². The van der Waals surface area contributed by atoms with Crippen LogP contribution in [0.25, 0.3) is 0 Å². The van der Waals surface area contributed by atoms with Gasteiger partial charge < -0.3 is 5.73 Å². The predicted octanol–water partition coefficient (Wildman–Crippen LogP) is 0.971. The molecule has 0 heterocycles. The molecular weight excluding hydrogens is 150 g/mol. The smallest absolute Gasteiger partial charge is 0.249 e. The molecular formula is C10H8NO. The summed E-state index contributed by atoms with van der Waals surface area (Å²) < 4.78 is 0. The summed E-state index contributed by atoms with van der Waals surface area (Å²) in [5.41, 5.74) is 6.26. The fraction of sp³-hybridized carbons (Fsp3) is 0. The summed E-state index contributed by atoms with van der Waals surface area (Å²) in [6.07, 6.45) is 6.59. The standard InChI is InChI=1S/C10H8NO/c1-2-5-8-6-3-4-7-9(8)10(11)12/h1,3-7H,(H2,11,12). The van der Waals surface area contributed by atoms with Gasteiger partial charge >= 0.3 is 0 Å². The molecule has 1 aromatic rings. The first-order valence-electron chi connectivity index (χ1n) is 3.44. The Labute approximate surface area is 71.4 Å². The number of rotatable bonds is 2. The molecule has 0 atom stereocenters. The molecule has 1 radical (unpaired) electrons. The average Bonchev–Trinajstić information content (AvgIpc) is 2.05. The van der Waals surface area contributed by atoms with Gasteiger partial charge in [-0.15, -0.1) is 6.42 Å². The maximum atomic E-state index is 10.8. The number of primary amides is 1. The van der Waals surface area contributed by atoms with Crippen molar-refractivity contribution in [2.24, 2.45) is 5.73 Å². The molecule has 59 valence electrons. The monoisotopic (exact) mass is 158 g/mol. The minimum atomic E-state index is -0.461. The van der Waals surface area contributed by atoms with Crippen LogP contribution in [0.2, 0.25) is 0 Å². The summed E-state index contributed by atoms with van der Waals surface area (Å²) in [5.74, 6) is 1.89. The van der Waals surface area contributed by atoms with Gasteiger partial charge in [-0.05, 0) is 11.6 Å². The SMILES string of the molecule is C#C[CH]c1ccccc1C(N)=O. The Hall–Kier alpha value is -1.75. The van der Waals surface area contributed by atoms with E-state index >= 15 is 0 Å². The maximum Gasteiger partial charge on any atom is 0.249 e. The fourth-order valence-corrected chi connectivity index (χ4v) is 0.937. The minimum absolute atomic E-state index is 0.454. The van der Waals surface area contributed by atoms with Crippen LogP contribution in [0.4, 0.5) is 0 Å². The van der Waals surface area contributed by atoms with Crippen LogP contribution in [0.5, 0.6) is 0 Å². The molecule has 2 N–H and O–H groups in total. The molecule has 0 saturated heterocycles. The van der Waals surface area contributed by atoms with Crippen molar-refractivity contribution in [1.82, 2.24) is 0 Å². The highest BCUT2D eigenvalue weighted by molar-refractivity contribution is 5.94. The third kappa shape index (κ3) is 1.64. The van der Waals surface area contributed by atoms with Gasteiger partial charge in [0, 0.05) is 5.56 Å². The zero-order valence-corrected chi connectivity index (χ0v) is 6.45. The Bertz CT molecular complexity index is 336. The molecule has 2 heteroatoms. The zero-order chi connectivity index (χ0) is 8.97. The highest BCUT2D eigenvalue weighted by Gasteiger charge is 2.04. The summed E-state index contributed by atoms with van der Waals surface area (Å²) in [4.78, 5) is 10.8. The third-order valence-corrected chi connectivity index (χ3v) is 1.47. The molecule has 0 saturated carbocycles. The van der Waals surface area contributed by atoms with Crippen LogP contribution in [-0.2, 0) is 0 Å². The highest BCUT2D eigenvalue weighted by Crippen LogP contribution is 2.09. The lowest BCUT2D eigenvalue weighted by molar-refractivity contribution is 0.1000. The lowest BCUT2D eigenvalue weighted by atomic mass is 10.0. The molecule has 1 amide bonds. The van der Waals surface area contributed by atoms with Crippen molar-refractivity contribution in [2.45, 2.75) is 0 Å². The number of terminal acetylenes is 1. The summed E-state index contributed by atoms with van der Waals surface area (Å²) in [5, 5.41) is 0. The molecule has 0 aromatic heterocycles. The second-order valence-electron chi connectivity index (χ2n) is 2.26. The largest absolute Gasteiger partial charge is 0.366 e. The number of hydrogen-bond acceptors (Lipinski definition) is 1. The minimum Gasteiger partial charge on any atom is -0.366 e. The van der Waals surface area contributed by atoms with Crippen LogP contribution in [-0.4, -0.2) is 5.91 Å². The Morgan fingerprint density at radius 3 is 2.75 bits per heavy atom. The van der Waals surface area contributed by atoms with E-state index < -0.39 is 5.91 Å². The van der Waals surface area contributed by atoms with Gasteiger partial charge in [-0.3, -0.25) is 4.79 Å². The normalized spacial score (nSPS) is 8.92. The van der Waals surface area contributed by atoms with E-state index in [0.717, 1.165) is 0 Å². The molecule has 0 aliphatic rings. The topological polar surface area (TPSA) is 43.1 Å². The van der Waals surface area contributed by atoms with E-state index in [1.54, 1.807) is 24.3 Å². The number of carbonyl (C=O) groups excluding carboxylic acids is 1. The molecule has 0 unspecified atom stereocenters. The Morgan fingerprint density at radius 1 is 1.50 bits per heavy atom. The third-order valence-electron chi connectivity index (χ3n) is 1.47. The second kappa shape index (κ2) is 3.59. The van der Waals surface area contributed by atoms with E-state index in [2.05, 4.69) is 5.92 Å². The maximum absolute atomic E-state index is 10.8. The van der Waals surface area contributed by atoms with Crippen molar-refractivity contribution in [2.75, 3.05) is 0 Å². The van der Waals surface area contributed by atoms with Crippen LogP contribution >= 0.6 is 0 Å². The lowest BCUT2D eigenvalue weighted by Crippen LogP contribution is -2.12. The molecule has 2 nitrogen and oxygen atoms in total. The van der Waals surface area contributed by atoms with Crippen molar-refractivity contribution < 1.29 is 4.79 Å². The summed E-state index contributed by atoms with van der Waals surface area (Å²) in [6, 6.07) is 6.94. The zero-order valence-electron chi connectivity index (χ0n) is 6.45. The van der Waals surface area contributed by atoms with Crippen molar-refractivity contribution >= 4 is 5.91 Å².